The fourth-order valence-electron chi connectivity index (χ4n) is 2.54. The van der Waals surface area contributed by atoms with Crippen LogP contribution in [0.5, 0.6) is 0 Å². The summed E-state index contributed by atoms with van der Waals surface area (Å²) in [5.41, 5.74) is 0.905. The minimum absolute atomic E-state index is 0.193. The van der Waals surface area contributed by atoms with E-state index in [0.29, 0.717) is 0 Å². The Hall–Kier alpha value is -0.970. The van der Waals surface area contributed by atoms with E-state index in [-0.39, 0.29) is 11.6 Å². The van der Waals surface area contributed by atoms with E-state index < -0.39 is 0 Å². The highest BCUT2D eigenvalue weighted by atomic mass is 32.1. The van der Waals surface area contributed by atoms with E-state index in [1.807, 2.05) is 6.07 Å². The first-order chi connectivity index (χ1) is 10.1. The third-order valence-corrected chi connectivity index (χ3v) is 4.77. The Balaban J connectivity index is 2.16. The van der Waals surface area contributed by atoms with Gasteiger partial charge in [0.25, 0.3) is 0 Å². The molecule has 3 nitrogen and oxygen atoms in total. The van der Waals surface area contributed by atoms with Crippen molar-refractivity contribution in [2.75, 3.05) is 13.2 Å². The normalized spacial score (nSPS) is 13.7. The third-order valence-electron chi connectivity index (χ3n) is 3.71. The summed E-state index contributed by atoms with van der Waals surface area (Å²) >= 11 is 1.79. The van der Waals surface area contributed by atoms with Gasteiger partial charge in [-0.3, -0.25) is 0 Å². The molecule has 1 heterocycles. The topological polar surface area (TPSA) is 34.2 Å². The lowest BCUT2D eigenvalue weighted by atomic mass is 9.95. The molecule has 0 saturated carbocycles. The molecule has 0 saturated heterocycles. The van der Waals surface area contributed by atoms with Gasteiger partial charge in [0, 0.05) is 19.1 Å². The highest BCUT2D eigenvalue weighted by Crippen LogP contribution is 2.25. The average molecular weight is 306 g/mol. The molecule has 1 aromatic heterocycles. The van der Waals surface area contributed by atoms with Gasteiger partial charge >= 0.3 is 0 Å². The Morgan fingerprint density at radius 1 is 1.29 bits per heavy atom. The van der Waals surface area contributed by atoms with Crippen LogP contribution in [0, 0.1) is 0 Å². The number of fused-ring (bicyclic) bond motifs is 1. The van der Waals surface area contributed by atoms with Crippen molar-refractivity contribution in [2.24, 2.45) is 0 Å². The van der Waals surface area contributed by atoms with Gasteiger partial charge in [-0.2, -0.15) is 0 Å². The fourth-order valence-corrected chi connectivity index (χ4v) is 3.55. The molecule has 2 rings (SSSR count). The summed E-state index contributed by atoms with van der Waals surface area (Å²) in [6.45, 7) is 10.3. The van der Waals surface area contributed by atoms with Gasteiger partial charge in [0.15, 0.2) is 0 Å². The molecular weight excluding hydrogens is 280 g/mol. The van der Waals surface area contributed by atoms with Crippen molar-refractivity contribution >= 4 is 21.6 Å². The zero-order valence-corrected chi connectivity index (χ0v) is 14.3. The highest BCUT2D eigenvalue weighted by molar-refractivity contribution is 7.18. The van der Waals surface area contributed by atoms with Gasteiger partial charge in [-0.15, -0.1) is 11.3 Å². The summed E-state index contributed by atoms with van der Waals surface area (Å²) in [6.07, 6.45) is 2.03. The molecule has 1 N–H and O–H groups in total. The summed E-state index contributed by atoms with van der Waals surface area (Å²) in [5.74, 6) is 0. The number of hydrogen-bond acceptors (Lipinski definition) is 4. The van der Waals surface area contributed by atoms with Gasteiger partial charge in [0.05, 0.1) is 20.8 Å². The van der Waals surface area contributed by atoms with Crippen LogP contribution < -0.4 is 5.32 Å². The number of aromatic nitrogens is 1. The van der Waals surface area contributed by atoms with Crippen molar-refractivity contribution in [3.8, 4) is 0 Å². The molecule has 0 aliphatic heterocycles. The van der Waals surface area contributed by atoms with Crippen LogP contribution in [0.15, 0.2) is 24.3 Å². The molecule has 1 aromatic carbocycles. The van der Waals surface area contributed by atoms with Gasteiger partial charge in [-0.25, -0.2) is 4.98 Å². The van der Waals surface area contributed by atoms with E-state index in [4.69, 9.17) is 9.72 Å². The number of nitrogens with zero attached hydrogens (tertiary/aromatic N) is 1. The molecule has 0 bridgehead atoms. The summed E-state index contributed by atoms with van der Waals surface area (Å²) in [6, 6.07) is 8.61. The second kappa shape index (κ2) is 7.34. The minimum atomic E-state index is -0.193. The number of thiazole rings is 1. The summed E-state index contributed by atoms with van der Waals surface area (Å²) in [5, 5.41) is 4.81. The molecule has 1 atom stereocenters. The monoisotopic (exact) mass is 306 g/mol. The molecule has 4 heteroatoms. The molecule has 0 aliphatic rings. The van der Waals surface area contributed by atoms with Crippen molar-refractivity contribution in [1.82, 2.24) is 10.3 Å². The zero-order chi connectivity index (χ0) is 15.3. The van der Waals surface area contributed by atoms with Crippen molar-refractivity contribution in [3.63, 3.8) is 0 Å². The summed E-state index contributed by atoms with van der Waals surface area (Å²) in [7, 11) is 0. The lowest BCUT2D eigenvalue weighted by Gasteiger charge is -2.34. The lowest BCUT2D eigenvalue weighted by Crippen LogP contribution is -2.50. The van der Waals surface area contributed by atoms with Crippen molar-refractivity contribution in [2.45, 2.75) is 52.2 Å². The Labute approximate surface area is 131 Å². The predicted octanol–water partition coefficient (Wildman–Crippen LogP) is 4.02. The molecule has 2 aromatic rings. The maximum atomic E-state index is 5.95. The molecular formula is C17H26N2OS. The Morgan fingerprint density at radius 3 is 2.71 bits per heavy atom. The van der Waals surface area contributed by atoms with Crippen LogP contribution in [0.3, 0.4) is 0 Å². The van der Waals surface area contributed by atoms with Crippen molar-refractivity contribution in [3.05, 3.63) is 29.3 Å². The van der Waals surface area contributed by atoms with Crippen LogP contribution in [0.25, 0.3) is 10.2 Å². The van der Waals surface area contributed by atoms with E-state index in [9.17, 15) is 0 Å². The number of para-hydroxylation sites is 1. The average Bonchev–Trinajstić information content (AvgIpc) is 2.85. The molecule has 21 heavy (non-hydrogen) atoms. The second-order valence-electron chi connectivity index (χ2n) is 5.82. The van der Waals surface area contributed by atoms with Crippen LogP contribution >= 0.6 is 11.3 Å². The standard InChI is InChI=1S/C17H26N2OS/c1-5-11-18-15(17(3,4)20-6-2)12-16-19-13-9-7-8-10-14(13)21-16/h7-10,15,18H,5-6,11-12H2,1-4H3. The largest absolute Gasteiger partial charge is 0.374 e. The highest BCUT2D eigenvalue weighted by Gasteiger charge is 2.30. The van der Waals surface area contributed by atoms with Crippen molar-refractivity contribution < 1.29 is 4.74 Å². The molecule has 0 amide bonds. The summed E-state index contributed by atoms with van der Waals surface area (Å²) < 4.78 is 7.21. The SMILES string of the molecule is CCCNC(Cc1nc2ccccc2s1)C(C)(C)OCC. The number of nitrogens with one attached hydrogen (secondary N) is 1. The number of rotatable bonds is 8. The third kappa shape index (κ3) is 4.25. The predicted molar refractivity (Wildman–Crippen MR) is 91.1 cm³/mol. The van der Waals surface area contributed by atoms with Gasteiger partial charge in [0.2, 0.25) is 0 Å². The molecule has 1 unspecified atom stereocenters. The van der Waals surface area contributed by atoms with Crippen LogP contribution in [0.2, 0.25) is 0 Å². The molecule has 116 valence electrons. The van der Waals surface area contributed by atoms with Crippen LogP contribution in [-0.4, -0.2) is 29.8 Å². The van der Waals surface area contributed by atoms with Gasteiger partial charge in [0.1, 0.15) is 0 Å². The van der Waals surface area contributed by atoms with E-state index in [1.54, 1.807) is 11.3 Å². The smallest absolute Gasteiger partial charge is 0.0955 e. The van der Waals surface area contributed by atoms with Crippen molar-refractivity contribution in [1.29, 1.82) is 0 Å². The van der Waals surface area contributed by atoms with Crippen LogP contribution in [-0.2, 0) is 11.2 Å². The second-order valence-corrected chi connectivity index (χ2v) is 6.94. The molecule has 0 aliphatic carbocycles. The Kier molecular flexibility index (Phi) is 5.73. The number of benzene rings is 1. The van der Waals surface area contributed by atoms with Gasteiger partial charge in [-0.05, 0) is 45.9 Å². The first-order valence-electron chi connectivity index (χ1n) is 7.78. The Morgan fingerprint density at radius 2 is 2.05 bits per heavy atom. The van der Waals surface area contributed by atoms with E-state index in [0.717, 1.165) is 31.5 Å². The van der Waals surface area contributed by atoms with E-state index in [2.05, 4.69) is 51.2 Å². The van der Waals surface area contributed by atoms with E-state index in [1.165, 1.54) is 9.71 Å². The Bertz CT molecular complexity index is 532. The summed E-state index contributed by atoms with van der Waals surface area (Å²) in [4.78, 5) is 4.76. The number of hydrogen-bond donors (Lipinski definition) is 1. The van der Waals surface area contributed by atoms with E-state index >= 15 is 0 Å². The lowest BCUT2D eigenvalue weighted by molar-refractivity contribution is -0.0379. The van der Waals surface area contributed by atoms with Crippen LogP contribution in [0.1, 0.15) is 39.1 Å². The maximum Gasteiger partial charge on any atom is 0.0955 e. The first kappa shape index (κ1) is 16.4. The molecule has 0 spiro atoms. The maximum absolute atomic E-state index is 5.95. The molecule has 0 fully saturated rings. The van der Waals surface area contributed by atoms with Gasteiger partial charge < -0.3 is 10.1 Å². The minimum Gasteiger partial charge on any atom is -0.374 e. The van der Waals surface area contributed by atoms with Crippen LogP contribution in [0.4, 0.5) is 0 Å². The first-order valence-corrected chi connectivity index (χ1v) is 8.60. The molecule has 0 radical (unpaired) electrons. The number of ether oxygens (including phenoxy) is 1. The van der Waals surface area contributed by atoms with Gasteiger partial charge in [-0.1, -0.05) is 19.1 Å². The quantitative estimate of drug-likeness (QED) is 0.800. The fraction of sp³-hybridized carbons (Fsp3) is 0.588. The zero-order valence-electron chi connectivity index (χ0n) is 13.5.